The summed E-state index contributed by atoms with van der Waals surface area (Å²) in [5.41, 5.74) is 1.69. The number of ketones is 1. The SMILES string of the molecule is COC(=O)C1=C(C(=O)OC)N(c2ccc(C(=O)c3cc4ccccc4o3)cc2)COC1. The normalized spacial score (nSPS) is 13.9. The first kappa shape index (κ1) is 20.4. The fourth-order valence-electron chi connectivity index (χ4n) is 3.38. The minimum absolute atomic E-state index is 0.0296. The van der Waals surface area contributed by atoms with E-state index in [0.29, 0.717) is 16.8 Å². The highest BCUT2D eigenvalue weighted by Gasteiger charge is 2.32. The standard InChI is InChI=1S/C23H19NO7/c1-28-22(26)17-12-30-13-24(20(17)23(27)29-2)16-9-7-14(8-10-16)21(25)19-11-15-5-3-4-6-18(15)31-19/h3-11H,12-13H2,1-2H3. The molecule has 0 saturated heterocycles. The number of carbonyl (C=O) groups is 3. The van der Waals surface area contributed by atoms with Crippen molar-refractivity contribution >= 4 is 34.4 Å². The molecule has 8 nitrogen and oxygen atoms in total. The zero-order valence-electron chi connectivity index (χ0n) is 16.9. The lowest BCUT2D eigenvalue weighted by atomic mass is 10.1. The molecule has 8 heteroatoms. The average Bonchev–Trinajstić information content (AvgIpc) is 3.26. The van der Waals surface area contributed by atoms with Crippen molar-refractivity contribution in [3.05, 3.63) is 77.2 Å². The smallest absolute Gasteiger partial charge is 0.355 e. The van der Waals surface area contributed by atoms with E-state index in [2.05, 4.69) is 0 Å². The van der Waals surface area contributed by atoms with E-state index in [9.17, 15) is 14.4 Å². The predicted octanol–water partition coefficient (Wildman–Crippen LogP) is 3.06. The highest BCUT2D eigenvalue weighted by atomic mass is 16.5. The molecular formula is C23H19NO7. The van der Waals surface area contributed by atoms with Gasteiger partial charge in [0.2, 0.25) is 5.78 Å². The minimum Gasteiger partial charge on any atom is -0.466 e. The molecule has 4 rings (SSSR count). The quantitative estimate of drug-likeness (QED) is 0.458. The predicted molar refractivity (Wildman–Crippen MR) is 110 cm³/mol. The van der Waals surface area contributed by atoms with E-state index in [1.54, 1.807) is 36.4 Å². The molecular weight excluding hydrogens is 402 g/mol. The molecule has 0 saturated carbocycles. The first-order valence-corrected chi connectivity index (χ1v) is 9.42. The Kier molecular flexibility index (Phi) is 5.55. The van der Waals surface area contributed by atoms with Crippen LogP contribution in [0, 0.1) is 0 Å². The van der Waals surface area contributed by atoms with Crippen LogP contribution in [-0.4, -0.2) is 45.3 Å². The summed E-state index contributed by atoms with van der Waals surface area (Å²) < 4.78 is 20.7. The van der Waals surface area contributed by atoms with E-state index in [0.717, 1.165) is 5.39 Å². The van der Waals surface area contributed by atoms with Crippen LogP contribution in [0.4, 0.5) is 5.69 Å². The van der Waals surface area contributed by atoms with Crippen molar-refractivity contribution < 1.29 is 33.0 Å². The molecule has 0 N–H and O–H groups in total. The molecule has 2 aromatic carbocycles. The number of esters is 2. The maximum Gasteiger partial charge on any atom is 0.355 e. The zero-order valence-corrected chi connectivity index (χ0v) is 16.9. The number of fused-ring (bicyclic) bond motifs is 1. The van der Waals surface area contributed by atoms with Crippen molar-refractivity contribution in [2.75, 3.05) is 32.5 Å². The summed E-state index contributed by atoms with van der Waals surface area (Å²) in [6.07, 6.45) is 0. The third-order valence-electron chi connectivity index (χ3n) is 4.92. The Hall–Kier alpha value is -3.91. The van der Waals surface area contributed by atoms with Crippen molar-refractivity contribution in [3.8, 4) is 0 Å². The second kappa shape index (κ2) is 8.45. The number of rotatable bonds is 5. The first-order valence-electron chi connectivity index (χ1n) is 9.42. The van der Waals surface area contributed by atoms with Gasteiger partial charge in [-0.05, 0) is 36.4 Å². The van der Waals surface area contributed by atoms with Gasteiger partial charge >= 0.3 is 11.9 Å². The van der Waals surface area contributed by atoms with Crippen molar-refractivity contribution in [1.29, 1.82) is 0 Å². The minimum atomic E-state index is -0.689. The number of ether oxygens (including phenoxy) is 3. The number of nitrogens with zero attached hydrogens (tertiary/aromatic N) is 1. The summed E-state index contributed by atoms with van der Waals surface area (Å²) in [7, 11) is 2.45. The fraction of sp³-hybridized carbons (Fsp3) is 0.174. The molecule has 0 spiro atoms. The number of anilines is 1. The summed E-state index contributed by atoms with van der Waals surface area (Å²) in [5, 5.41) is 0.844. The van der Waals surface area contributed by atoms with Gasteiger partial charge in [-0.1, -0.05) is 18.2 Å². The van der Waals surface area contributed by atoms with E-state index < -0.39 is 11.9 Å². The van der Waals surface area contributed by atoms with Crippen molar-refractivity contribution in [2.45, 2.75) is 0 Å². The van der Waals surface area contributed by atoms with Gasteiger partial charge in [0.05, 0.1) is 26.4 Å². The molecule has 0 amide bonds. The molecule has 3 aromatic rings. The summed E-state index contributed by atoms with van der Waals surface area (Å²) in [5.74, 6) is -1.40. The Labute approximate surface area is 177 Å². The second-order valence-corrected chi connectivity index (χ2v) is 6.74. The van der Waals surface area contributed by atoms with E-state index in [4.69, 9.17) is 18.6 Å². The van der Waals surface area contributed by atoms with Crippen molar-refractivity contribution in [2.24, 2.45) is 0 Å². The number of hydrogen-bond donors (Lipinski definition) is 0. The molecule has 0 bridgehead atoms. The van der Waals surface area contributed by atoms with Crippen LogP contribution >= 0.6 is 0 Å². The van der Waals surface area contributed by atoms with E-state index in [-0.39, 0.29) is 36.2 Å². The zero-order chi connectivity index (χ0) is 22.0. The molecule has 158 valence electrons. The number of para-hydroxylation sites is 1. The lowest BCUT2D eigenvalue weighted by Crippen LogP contribution is -2.38. The van der Waals surface area contributed by atoms with Gasteiger partial charge in [0, 0.05) is 16.6 Å². The Morgan fingerprint density at radius 2 is 1.65 bits per heavy atom. The summed E-state index contributed by atoms with van der Waals surface area (Å²) in [4.78, 5) is 38.8. The largest absolute Gasteiger partial charge is 0.466 e. The van der Waals surface area contributed by atoms with E-state index in [1.807, 2.05) is 18.2 Å². The Bertz CT molecular complexity index is 1160. The molecule has 0 unspecified atom stereocenters. The van der Waals surface area contributed by atoms with Gasteiger partial charge in [-0.15, -0.1) is 0 Å². The summed E-state index contributed by atoms with van der Waals surface area (Å²) in [6.45, 7) is -0.0436. The molecule has 0 aliphatic carbocycles. The maximum atomic E-state index is 12.8. The van der Waals surface area contributed by atoms with Gasteiger partial charge in [-0.25, -0.2) is 9.59 Å². The molecule has 0 radical (unpaired) electrons. The first-order chi connectivity index (χ1) is 15.0. The van der Waals surface area contributed by atoms with Gasteiger partial charge in [-0.3, -0.25) is 4.79 Å². The third kappa shape index (κ3) is 3.80. The van der Waals surface area contributed by atoms with Gasteiger partial charge in [0.15, 0.2) is 5.76 Å². The molecule has 1 aromatic heterocycles. The molecule has 0 fully saturated rings. The second-order valence-electron chi connectivity index (χ2n) is 6.74. The van der Waals surface area contributed by atoms with Crippen LogP contribution in [0.2, 0.25) is 0 Å². The number of furan rings is 1. The lowest BCUT2D eigenvalue weighted by Gasteiger charge is -2.31. The van der Waals surface area contributed by atoms with E-state index in [1.165, 1.54) is 19.1 Å². The van der Waals surface area contributed by atoms with Crippen molar-refractivity contribution in [3.63, 3.8) is 0 Å². The van der Waals surface area contributed by atoms with Crippen molar-refractivity contribution in [1.82, 2.24) is 0 Å². The van der Waals surface area contributed by atoms with Crippen LogP contribution in [0.3, 0.4) is 0 Å². The topological polar surface area (TPSA) is 95.3 Å². The Morgan fingerprint density at radius 1 is 0.935 bits per heavy atom. The monoisotopic (exact) mass is 421 g/mol. The van der Waals surface area contributed by atoms with Gasteiger partial charge < -0.3 is 23.5 Å². The van der Waals surface area contributed by atoms with Crippen LogP contribution in [0.25, 0.3) is 11.0 Å². The van der Waals surface area contributed by atoms with Crippen LogP contribution in [0.15, 0.2) is 70.3 Å². The van der Waals surface area contributed by atoms with Gasteiger partial charge in [0.25, 0.3) is 0 Å². The number of carbonyl (C=O) groups excluding carboxylic acids is 3. The highest BCUT2D eigenvalue weighted by molar-refractivity contribution is 6.09. The number of hydrogen-bond acceptors (Lipinski definition) is 8. The Morgan fingerprint density at radius 3 is 2.32 bits per heavy atom. The third-order valence-corrected chi connectivity index (χ3v) is 4.92. The van der Waals surface area contributed by atoms with Crippen LogP contribution < -0.4 is 4.90 Å². The van der Waals surface area contributed by atoms with Crippen LogP contribution in [-0.2, 0) is 23.8 Å². The molecule has 1 aliphatic heterocycles. The maximum absolute atomic E-state index is 12.8. The Balaban J connectivity index is 1.65. The number of benzene rings is 2. The van der Waals surface area contributed by atoms with Gasteiger partial charge in [-0.2, -0.15) is 0 Å². The summed E-state index contributed by atoms with van der Waals surface area (Å²) in [6, 6.07) is 15.6. The van der Waals surface area contributed by atoms with Crippen LogP contribution in [0.5, 0.6) is 0 Å². The number of methoxy groups -OCH3 is 2. The molecule has 0 atom stereocenters. The fourth-order valence-corrected chi connectivity index (χ4v) is 3.38. The summed E-state index contributed by atoms with van der Waals surface area (Å²) >= 11 is 0. The molecule has 1 aliphatic rings. The molecule has 2 heterocycles. The molecule has 31 heavy (non-hydrogen) atoms. The highest BCUT2D eigenvalue weighted by Crippen LogP contribution is 2.28. The average molecular weight is 421 g/mol. The lowest BCUT2D eigenvalue weighted by molar-refractivity contribution is -0.140. The van der Waals surface area contributed by atoms with Crippen LogP contribution in [0.1, 0.15) is 16.1 Å². The van der Waals surface area contributed by atoms with Gasteiger partial charge in [0.1, 0.15) is 18.0 Å². The van der Waals surface area contributed by atoms with E-state index >= 15 is 0 Å².